The van der Waals surface area contributed by atoms with Crippen LogP contribution in [-0.2, 0) is 10.0 Å². The van der Waals surface area contributed by atoms with Crippen molar-refractivity contribution in [3.8, 4) is 0 Å². The number of rotatable bonds is 6. The minimum Gasteiger partial charge on any atom is -0.320 e. The molecule has 0 atom stereocenters. The largest absolute Gasteiger partial charge is 0.327 e. The van der Waals surface area contributed by atoms with Crippen LogP contribution in [0.5, 0.6) is 0 Å². The van der Waals surface area contributed by atoms with E-state index in [4.69, 9.17) is 0 Å². The van der Waals surface area contributed by atoms with E-state index in [9.17, 15) is 18.0 Å². The number of aromatic nitrogens is 3. The molecule has 4 N–H and O–H groups in total. The number of sulfonamides is 1. The Bertz CT molecular complexity index is 861. The van der Waals surface area contributed by atoms with Gasteiger partial charge in [0.25, 0.3) is 5.56 Å². The molecule has 0 radical (unpaired) electrons. The van der Waals surface area contributed by atoms with E-state index in [1.165, 1.54) is 6.07 Å². The molecule has 2 heterocycles. The summed E-state index contributed by atoms with van der Waals surface area (Å²) in [6, 6.07) is 1.18. The van der Waals surface area contributed by atoms with Crippen molar-refractivity contribution in [1.29, 1.82) is 0 Å². The van der Waals surface area contributed by atoms with Gasteiger partial charge in [0.2, 0.25) is 10.0 Å². The second-order valence-corrected chi connectivity index (χ2v) is 6.10. The van der Waals surface area contributed by atoms with Crippen molar-refractivity contribution in [3.05, 3.63) is 33.1 Å². The molecule has 122 valence electrons. The van der Waals surface area contributed by atoms with E-state index < -0.39 is 21.3 Å². The second-order valence-electron chi connectivity index (χ2n) is 4.33. The first-order valence-corrected chi connectivity index (χ1v) is 7.69. The van der Waals surface area contributed by atoms with Gasteiger partial charge >= 0.3 is 5.69 Å². The van der Waals surface area contributed by atoms with Gasteiger partial charge in [-0.25, -0.2) is 22.9 Å². The number of halogens is 1. The Morgan fingerprint density at radius 2 is 1.95 bits per heavy atom. The fraction of sp³-hybridized carbons (Fsp3) is 0.364. The molecule has 0 aromatic carbocycles. The molecular weight excluding hydrogens is 334 g/mol. The number of pyridine rings is 1. The highest BCUT2D eigenvalue weighted by molar-refractivity contribution is 7.89. The lowest BCUT2D eigenvalue weighted by Gasteiger charge is -2.06. The van der Waals surface area contributed by atoms with Gasteiger partial charge in [0, 0.05) is 12.7 Å². The third-order valence-electron chi connectivity index (χ3n) is 2.77. The fourth-order valence-corrected chi connectivity index (χ4v) is 2.77. The monoisotopic (exact) mass is 349 g/mol. The first-order valence-electron chi connectivity index (χ1n) is 6.20. The molecule has 0 saturated heterocycles. The molecule has 0 aliphatic heterocycles. The van der Waals surface area contributed by atoms with Crippen molar-refractivity contribution in [2.24, 2.45) is 0 Å². The molecule has 11 heteroatoms. The van der Waals surface area contributed by atoms with E-state index in [0.717, 1.165) is 6.20 Å². The maximum Gasteiger partial charge on any atom is 0.327 e. The van der Waals surface area contributed by atoms with Gasteiger partial charge in [-0.15, -0.1) is 12.4 Å². The summed E-state index contributed by atoms with van der Waals surface area (Å²) in [4.78, 5) is 30.8. The van der Waals surface area contributed by atoms with Crippen LogP contribution in [0.25, 0.3) is 11.0 Å². The van der Waals surface area contributed by atoms with E-state index >= 15 is 0 Å². The van der Waals surface area contributed by atoms with Crippen molar-refractivity contribution in [2.45, 2.75) is 11.3 Å². The topological polar surface area (TPSA) is 137 Å². The summed E-state index contributed by atoms with van der Waals surface area (Å²) in [5.41, 5.74) is -1.34. The van der Waals surface area contributed by atoms with Crippen LogP contribution >= 0.6 is 12.4 Å². The standard InChI is InChI=1S/C11H15N5O4S.ClH/c1-12-3-2-4-14-21(19,20)7-5-8-9(13-6-7)15-11(18)16-10(8)17;/h5-6,12,14H,2-4H2,1H3,(H2,13,15,16,17,18);1H. The zero-order valence-corrected chi connectivity index (χ0v) is 13.3. The van der Waals surface area contributed by atoms with Gasteiger partial charge in [0.15, 0.2) is 0 Å². The molecule has 9 nitrogen and oxygen atoms in total. The number of hydrogen-bond acceptors (Lipinski definition) is 6. The number of nitrogens with one attached hydrogen (secondary N) is 4. The fourth-order valence-electron chi connectivity index (χ4n) is 1.73. The maximum atomic E-state index is 12.1. The Balaban J connectivity index is 0.00000242. The predicted octanol–water partition coefficient (Wildman–Crippen LogP) is -1.08. The van der Waals surface area contributed by atoms with Crippen LogP contribution in [0, 0.1) is 0 Å². The van der Waals surface area contributed by atoms with Crippen LogP contribution in [0.4, 0.5) is 0 Å². The smallest absolute Gasteiger partial charge is 0.320 e. The number of hydrogen-bond donors (Lipinski definition) is 4. The van der Waals surface area contributed by atoms with Crippen LogP contribution in [0.1, 0.15) is 6.42 Å². The van der Waals surface area contributed by atoms with Gasteiger partial charge < -0.3 is 5.32 Å². The minimum atomic E-state index is -3.74. The molecule has 0 bridgehead atoms. The van der Waals surface area contributed by atoms with Crippen LogP contribution in [-0.4, -0.2) is 43.5 Å². The summed E-state index contributed by atoms with van der Waals surface area (Å²) in [6.07, 6.45) is 1.72. The lowest BCUT2D eigenvalue weighted by atomic mass is 10.3. The third kappa shape index (κ3) is 4.13. The SMILES string of the molecule is CNCCCNS(=O)(=O)c1cnc2[nH]c(=O)[nH]c(=O)c2c1.Cl. The van der Waals surface area contributed by atoms with E-state index in [1.54, 1.807) is 7.05 Å². The Hall–Kier alpha value is -1.75. The Kier molecular flexibility index (Phi) is 6.23. The van der Waals surface area contributed by atoms with Crippen LogP contribution in [0.3, 0.4) is 0 Å². The van der Waals surface area contributed by atoms with E-state index in [-0.39, 0.29) is 34.9 Å². The average Bonchev–Trinajstić information content (AvgIpc) is 2.43. The number of fused-ring (bicyclic) bond motifs is 1. The quantitative estimate of drug-likeness (QED) is 0.490. The lowest BCUT2D eigenvalue weighted by Crippen LogP contribution is -2.27. The molecule has 0 saturated carbocycles. The maximum absolute atomic E-state index is 12.1. The van der Waals surface area contributed by atoms with Gasteiger partial charge in [-0.2, -0.15) is 0 Å². The Morgan fingerprint density at radius 3 is 2.64 bits per heavy atom. The molecule has 0 fully saturated rings. The van der Waals surface area contributed by atoms with Crippen LogP contribution in [0.15, 0.2) is 26.7 Å². The highest BCUT2D eigenvalue weighted by Gasteiger charge is 2.15. The Morgan fingerprint density at radius 1 is 1.23 bits per heavy atom. The summed E-state index contributed by atoms with van der Waals surface area (Å²) in [6.45, 7) is 0.947. The summed E-state index contributed by atoms with van der Waals surface area (Å²) in [5.74, 6) is 0. The molecule has 0 unspecified atom stereocenters. The van der Waals surface area contributed by atoms with Crippen molar-refractivity contribution in [1.82, 2.24) is 25.0 Å². The molecule has 0 spiro atoms. The molecule has 22 heavy (non-hydrogen) atoms. The normalized spacial score (nSPS) is 11.3. The molecule has 0 aliphatic carbocycles. The predicted molar refractivity (Wildman–Crippen MR) is 84.0 cm³/mol. The van der Waals surface area contributed by atoms with Gasteiger partial charge in [-0.1, -0.05) is 0 Å². The van der Waals surface area contributed by atoms with Crippen molar-refractivity contribution >= 4 is 33.5 Å². The van der Waals surface area contributed by atoms with E-state index in [2.05, 4.69) is 20.0 Å². The molecular formula is C11H16ClN5O4S. The molecule has 2 rings (SSSR count). The minimum absolute atomic E-state index is 0. The zero-order chi connectivity index (χ0) is 15.5. The van der Waals surface area contributed by atoms with Crippen molar-refractivity contribution in [2.75, 3.05) is 20.1 Å². The van der Waals surface area contributed by atoms with Gasteiger partial charge in [0.1, 0.15) is 10.5 Å². The Labute approximate surface area is 132 Å². The second kappa shape index (κ2) is 7.49. The summed E-state index contributed by atoms with van der Waals surface area (Å²) in [5, 5.41) is 2.91. The number of nitrogens with zero attached hydrogens (tertiary/aromatic N) is 1. The van der Waals surface area contributed by atoms with Crippen LogP contribution < -0.4 is 21.3 Å². The first kappa shape index (κ1) is 18.3. The zero-order valence-electron chi connectivity index (χ0n) is 11.7. The van der Waals surface area contributed by atoms with E-state index in [1.807, 2.05) is 4.98 Å². The molecule has 2 aromatic heterocycles. The van der Waals surface area contributed by atoms with Gasteiger partial charge in [-0.05, 0) is 26.1 Å². The van der Waals surface area contributed by atoms with Crippen molar-refractivity contribution < 1.29 is 8.42 Å². The highest BCUT2D eigenvalue weighted by atomic mass is 35.5. The highest BCUT2D eigenvalue weighted by Crippen LogP contribution is 2.11. The van der Waals surface area contributed by atoms with Crippen molar-refractivity contribution in [3.63, 3.8) is 0 Å². The summed E-state index contributed by atoms with van der Waals surface area (Å²) in [7, 11) is -1.97. The average molecular weight is 350 g/mol. The third-order valence-corrected chi connectivity index (χ3v) is 4.20. The summed E-state index contributed by atoms with van der Waals surface area (Å²) >= 11 is 0. The molecule has 0 aliphatic rings. The molecule has 0 amide bonds. The summed E-state index contributed by atoms with van der Waals surface area (Å²) < 4.78 is 26.5. The van der Waals surface area contributed by atoms with Gasteiger partial charge in [-0.3, -0.25) is 14.8 Å². The first-order chi connectivity index (χ1) is 9.94. The van der Waals surface area contributed by atoms with E-state index in [0.29, 0.717) is 13.0 Å². The van der Waals surface area contributed by atoms with Crippen LogP contribution in [0.2, 0.25) is 0 Å². The lowest BCUT2D eigenvalue weighted by molar-refractivity contribution is 0.577. The number of H-pyrrole nitrogens is 2. The van der Waals surface area contributed by atoms with Gasteiger partial charge in [0.05, 0.1) is 5.39 Å². The number of aromatic amines is 2. The molecule has 2 aromatic rings.